The number of nitrogens with zero attached hydrogens (tertiary/aromatic N) is 1. The van der Waals surface area contributed by atoms with Crippen molar-refractivity contribution in [2.24, 2.45) is 0 Å². The Morgan fingerprint density at radius 3 is 2.88 bits per heavy atom. The van der Waals surface area contributed by atoms with Gasteiger partial charge in [0.25, 0.3) is 0 Å². The Kier molecular flexibility index (Phi) is 4.65. The Balaban J connectivity index is 1.97. The van der Waals surface area contributed by atoms with Gasteiger partial charge in [0.2, 0.25) is 0 Å². The van der Waals surface area contributed by atoms with E-state index in [1.54, 1.807) is 0 Å². The third-order valence-corrected chi connectivity index (χ3v) is 3.56. The third kappa shape index (κ3) is 3.57. The van der Waals surface area contributed by atoms with Crippen molar-refractivity contribution in [1.29, 1.82) is 0 Å². The summed E-state index contributed by atoms with van der Waals surface area (Å²) in [5.41, 5.74) is 1.12. The van der Waals surface area contributed by atoms with Crippen molar-refractivity contribution >= 4 is 23.2 Å². The number of halogens is 2. The van der Waals surface area contributed by atoms with Crippen LogP contribution >= 0.6 is 23.2 Å². The molecule has 0 saturated carbocycles. The van der Waals surface area contributed by atoms with Gasteiger partial charge in [-0.1, -0.05) is 29.3 Å². The minimum atomic E-state index is -0.0773. The van der Waals surface area contributed by atoms with Crippen LogP contribution in [0.5, 0.6) is 0 Å². The lowest BCUT2D eigenvalue weighted by molar-refractivity contribution is -0.0551. The summed E-state index contributed by atoms with van der Waals surface area (Å²) in [6, 6.07) is 5.66. The van der Waals surface area contributed by atoms with Crippen molar-refractivity contribution in [3.8, 4) is 0 Å². The molecular weight excluding hydrogens is 261 g/mol. The maximum absolute atomic E-state index is 9.07. The van der Waals surface area contributed by atoms with E-state index in [0.29, 0.717) is 16.7 Å². The average Bonchev–Trinajstić information content (AvgIpc) is 2.34. The lowest BCUT2D eigenvalue weighted by atomic mass is 10.2. The molecule has 0 bridgehead atoms. The maximum Gasteiger partial charge on any atom is 0.0933 e. The Bertz CT molecular complexity index is 387. The molecule has 17 heavy (non-hydrogen) atoms. The first-order valence-electron chi connectivity index (χ1n) is 5.58. The summed E-state index contributed by atoms with van der Waals surface area (Å²) in [6.45, 7) is 3.15. The first-order chi connectivity index (χ1) is 8.19. The van der Waals surface area contributed by atoms with E-state index in [0.717, 1.165) is 25.2 Å². The molecule has 1 N–H and O–H groups in total. The molecule has 0 spiro atoms. The lowest BCUT2D eigenvalue weighted by Crippen LogP contribution is -2.43. The van der Waals surface area contributed by atoms with Gasteiger partial charge >= 0.3 is 0 Å². The molecule has 1 aromatic carbocycles. The fourth-order valence-electron chi connectivity index (χ4n) is 1.93. The summed E-state index contributed by atoms with van der Waals surface area (Å²) in [5.74, 6) is 0. The second kappa shape index (κ2) is 6.03. The summed E-state index contributed by atoms with van der Waals surface area (Å²) in [5, 5.41) is 10.2. The topological polar surface area (TPSA) is 32.7 Å². The predicted octanol–water partition coefficient (Wildman–Crippen LogP) is 2.19. The summed E-state index contributed by atoms with van der Waals surface area (Å²) < 4.78 is 5.40. The lowest BCUT2D eigenvalue weighted by Gasteiger charge is -2.32. The van der Waals surface area contributed by atoms with Crippen molar-refractivity contribution in [2.75, 3.05) is 26.3 Å². The second-order valence-electron chi connectivity index (χ2n) is 4.16. The molecule has 0 aromatic heterocycles. The molecule has 1 fully saturated rings. The highest BCUT2D eigenvalue weighted by Gasteiger charge is 2.19. The molecular formula is C12H15Cl2NO2. The van der Waals surface area contributed by atoms with Gasteiger partial charge < -0.3 is 9.84 Å². The Labute approximate surface area is 111 Å². The Hall–Kier alpha value is -0.320. The second-order valence-corrected chi connectivity index (χ2v) is 4.97. The van der Waals surface area contributed by atoms with Crippen LogP contribution in [0.15, 0.2) is 18.2 Å². The molecule has 0 radical (unpaired) electrons. The van der Waals surface area contributed by atoms with Gasteiger partial charge in [0.15, 0.2) is 0 Å². The molecule has 1 aliphatic heterocycles. The van der Waals surface area contributed by atoms with Crippen LogP contribution in [0.3, 0.4) is 0 Å². The molecule has 5 heteroatoms. The summed E-state index contributed by atoms with van der Waals surface area (Å²) >= 11 is 11.8. The third-order valence-electron chi connectivity index (χ3n) is 2.82. The van der Waals surface area contributed by atoms with E-state index in [-0.39, 0.29) is 12.7 Å². The molecule has 1 saturated heterocycles. The van der Waals surface area contributed by atoms with Crippen LogP contribution < -0.4 is 0 Å². The van der Waals surface area contributed by atoms with E-state index >= 15 is 0 Å². The van der Waals surface area contributed by atoms with Gasteiger partial charge in [0, 0.05) is 19.6 Å². The SMILES string of the molecule is OCC1CN(Cc2ccc(Cl)c(Cl)c2)CCO1. The van der Waals surface area contributed by atoms with Crippen LogP contribution in [0, 0.1) is 0 Å². The van der Waals surface area contributed by atoms with Crippen LogP contribution in [-0.4, -0.2) is 42.4 Å². The van der Waals surface area contributed by atoms with Gasteiger partial charge in [-0.05, 0) is 17.7 Å². The number of benzene rings is 1. The summed E-state index contributed by atoms with van der Waals surface area (Å²) in [6.07, 6.45) is -0.0773. The molecule has 0 aliphatic carbocycles. The first-order valence-corrected chi connectivity index (χ1v) is 6.33. The van der Waals surface area contributed by atoms with Gasteiger partial charge in [-0.3, -0.25) is 4.90 Å². The monoisotopic (exact) mass is 275 g/mol. The van der Waals surface area contributed by atoms with Crippen LogP contribution in [0.2, 0.25) is 10.0 Å². The molecule has 2 rings (SSSR count). The van der Waals surface area contributed by atoms with Crippen LogP contribution in [0.25, 0.3) is 0 Å². The molecule has 1 aliphatic rings. The van der Waals surface area contributed by atoms with Crippen molar-refractivity contribution in [1.82, 2.24) is 4.90 Å². The van der Waals surface area contributed by atoms with E-state index < -0.39 is 0 Å². The van der Waals surface area contributed by atoms with Crippen molar-refractivity contribution in [3.05, 3.63) is 33.8 Å². The molecule has 94 valence electrons. The molecule has 1 unspecified atom stereocenters. The van der Waals surface area contributed by atoms with Gasteiger partial charge in [-0.15, -0.1) is 0 Å². The number of ether oxygens (including phenoxy) is 1. The van der Waals surface area contributed by atoms with Crippen molar-refractivity contribution in [3.63, 3.8) is 0 Å². The van der Waals surface area contributed by atoms with E-state index in [2.05, 4.69) is 4.90 Å². The number of hydrogen-bond donors (Lipinski definition) is 1. The van der Waals surface area contributed by atoms with E-state index in [9.17, 15) is 0 Å². The Morgan fingerprint density at radius 1 is 1.35 bits per heavy atom. The number of hydrogen-bond acceptors (Lipinski definition) is 3. The van der Waals surface area contributed by atoms with Crippen molar-refractivity contribution < 1.29 is 9.84 Å². The number of morpholine rings is 1. The predicted molar refractivity (Wildman–Crippen MR) is 68.6 cm³/mol. The summed E-state index contributed by atoms with van der Waals surface area (Å²) in [7, 11) is 0. The number of aliphatic hydroxyl groups is 1. The van der Waals surface area contributed by atoms with Gasteiger partial charge in [0.05, 0.1) is 29.4 Å². The number of aliphatic hydroxyl groups excluding tert-OH is 1. The fourth-order valence-corrected chi connectivity index (χ4v) is 2.25. The zero-order chi connectivity index (χ0) is 12.3. The smallest absolute Gasteiger partial charge is 0.0933 e. The summed E-state index contributed by atoms with van der Waals surface area (Å²) in [4.78, 5) is 2.24. The highest BCUT2D eigenvalue weighted by Crippen LogP contribution is 2.23. The zero-order valence-electron chi connectivity index (χ0n) is 9.40. The average molecular weight is 276 g/mol. The van der Waals surface area contributed by atoms with Gasteiger partial charge in [-0.25, -0.2) is 0 Å². The molecule has 1 atom stereocenters. The number of rotatable bonds is 3. The quantitative estimate of drug-likeness (QED) is 0.918. The van der Waals surface area contributed by atoms with E-state index in [1.165, 1.54) is 0 Å². The highest BCUT2D eigenvalue weighted by molar-refractivity contribution is 6.42. The largest absolute Gasteiger partial charge is 0.394 e. The molecule has 0 amide bonds. The molecule has 3 nitrogen and oxygen atoms in total. The van der Waals surface area contributed by atoms with E-state index in [1.807, 2.05) is 18.2 Å². The van der Waals surface area contributed by atoms with Crippen LogP contribution in [-0.2, 0) is 11.3 Å². The normalized spacial score (nSPS) is 21.7. The standard InChI is InChI=1S/C12H15Cl2NO2/c13-11-2-1-9(5-12(11)14)6-15-3-4-17-10(7-15)8-16/h1-2,5,10,16H,3-4,6-8H2. The van der Waals surface area contributed by atoms with Crippen LogP contribution in [0.1, 0.15) is 5.56 Å². The first kappa shape index (κ1) is 13.1. The minimum absolute atomic E-state index is 0.0673. The van der Waals surface area contributed by atoms with Crippen LogP contribution in [0.4, 0.5) is 0 Å². The highest BCUT2D eigenvalue weighted by atomic mass is 35.5. The zero-order valence-corrected chi connectivity index (χ0v) is 10.9. The fraction of sp³-hybridized carbons (Fsp3) is 0.500. The maximum atomic E-state index is 9.07. The molecule has 1 aromatic rings. The van der Waals surface area contributed by atoms with Crippen molar-refractivity contribution in [2.45, 2.75) is 12.6 Å². The van der Waals surface area contributed by atoms with E-state index in [4.69, 9.17) is 33.0 Å². The van der Waals surface area contributed by atoms with Gasteiger partial charge in [0.1, 0.15) is 0 Å². The minimum Gasteiger partial charge on any atom is -0.394 e. The molecule has 1 heterocycles. The van der Waals surface area contributed by atoms with Gasteiger partial charge in [-0.2, -0.15) is 0 Å². The Morgan fingerprint density at radius 2 is 2.18 bits per heavy atom.